The van der Waals surface area contributed by atoms with Gasteiger partial charge in [0.1, 0.15) is 0 Å². The molecule has 3 nitrogen and oxygen atoms in total. The van der Waals surface area contributed by atoms with Crippen LogP contribution in [-0.4, -0.2) is 21.0 Å². The largest absolute Gasteiger partial charge is 0.294 e. The maximum Gasteiger partial charge on any atom is 0.294 e. The summed E-state index contributed by atoms with van der Waals surface area (Å²) in [6, 6.07) is 9.45. The van der Waals surface area contributed by atoms with E-state index in [9.17, 15) is 8.42 Å². The van der Waals surface area contributed by atoms with E-state index < -0.39 is 18.2 Å². The first kappa shape index (κ1) is 26.4. The Labute approximate surface area is 181 Å². The van der Waals surface area contributed by atoms with E-state index in [0.717, 1.165) is 18.4 Å². The molecule has 0 saturated carbocycles. The number of rotatable bonds is 17. The fourth-order valence-corrected chi connectivity index (χ4v) is 7.12. The lowest BCUT2D eigenvalue weighted by molar-refractivity contribution is 0.483. The first-order chi connectivity index (χ1) is 13.7. The molecule has 0 bridgehead atoms. The fourth-order valence-electron chi connectivity index (χ4n) is 3.98. The number of benzene rings is 1. The van der Waals surface area contributed by atoms with Crippen molar-refractivity contribution in [3.8, 4) is 0 Å². The molecule has 5 heteroatoms. The van der Waals surface area contributed by atoms with E-state index in [0.29, 0.717) is 0 Å². The Kier molecular flexibility index (Phi) is 13.1. The maximum atomic E-state index is 11.1. The Bertz CT molecular complexity index is 639. The molecule has 1 aromatic rings. The first-order valence-corrected chi connectivity index (χ1v) is 16.7. The molecule has 1 aromatic carbocycles. The Morgan fingerprint density at radius 3 is 1.66 bits per heavy atom. The lowest BCUT2D eigenvalue weighted by atomic mass is 10.1. The summed E-state index contributed by atoms with van der Waals surface area (Å²) in [4.78, 5) is -0.0220. The molecule has 0 saturated heterocycles. The van der Waals surface area contributed by atoms with Gasteiger partial charge in [0.25, 0.3) is 10.1 Å². The molecule has 0 unspecified atom stereocenters. The standard InChI is InChI=1S/C24H44O3SSi/c1-4-5-6-7-8-9-10-11-12-14-21-29(2,3)22-15-13-16-23-17-19-24(20-18-23)28(25,26)27/h17-20H,4-16,21-22H2,1-3H3,(H,25,26,27). The van der Waals surface area contributed by atoms with Crippen LogP contribution in [0.3, 0.4) is 0 Å². The van der Waals surface area contributed by atoms with Gasteiger partial charge in [-0.15, -0.1) is 0 Å². The number of aryl methyl sites for hydroxylation is 1. The first-order valence-electron chi connectivity index (χ1n) is 11.8. The third kappa shape index (κ3) is 13.3. The van der Waals surface area contributed by atoms with Crippen molar-refractivity contribution < 1.29 is 13.0 Å². The number of hydrogen-bond acceptors (Lipinski definition) is 2. The fraction of sp³-hybridized carbons (Fsp3) is 0.750. The zero-order chi connectivity index (χ0) is 21.6. The second kappa shape index (κ2) is 14.4. The lowest BCUT2D eigenvalue weighted by Crippen LogP contribution is -2.24. The van der Waals surface area contributed by atoms with Crippen LogP contribution in [-0.2, 0) is 16.5 Å². The lowest BCUT2D eigenvalue weighted by Gasteiger charge is -2.22. The van der Waals surface area contributed by atoms with Gasteiger partial charge in [-0.2, -0.15) is 8.42 Å². The quantitative estimate of drug-likeness (QED) is 0.152. The van der Waals surface area contributed by atoms with Gasteiger partial charge in [0, 0.05) is 8.07 Å². The molecule has 0 amide bonds. The molecule has 0 radical (unpaired) electrons. The van der Waals surface area contributed by atoms with Gasteiger partial charge in [0.15, 0.2) is 0 Å². The van der Waals surface area contributed by atoms with E-state index in [-0.39, 0.29) is 4.90 Å². The van der Waals surface area contributed by atoms with Gasteiger partial charge in [0.2, 0.25) is 0 Å². The summed E-state index contributed by atoms with van der Waals surface area (Å²) in [5.74, 6) is 0. The predicted octanol–water partition coefficient (Wildman–Crippen LogP) is 7.89. The molecule has 0 aliphatic carbocycles. The molecular formula is C24H44O3SSi. The molecule has 29 heavy (non-hydrogen) atoms. The third-order valence-corrected chi connectivity index (χ3v) is 10.3. The normalized spacial score (nSPS) is 12.4. The van der Waals surface area contributed by atoms with Crippen LogP contribution in [0.25, 0.3) is 0 Å². The van der Waals surface area contributed by atoms with Crippen LogP contribution in [0.1, 0.15) is 89.5 Å². The zero-order valence-corrected chi connectivity index (χ0v) is 20.9. The highest BCUT2D eigenvalue weighted by Gasteiger charge is 2.19. The minimum atomic E-state index is -4.08. The van der Waals surface area contributed by atoms with E-state index in [1.54, 1.807) is 0 Å². The minimum absolute atomic E-state index is 0.0220. The van der Waals surface area contributed by atoms with Gasteiger partial charge >= 0.3 is 0 Å². The average molecular weight is 441 g/mol. The van der Waals surface area contributed by atoms with E-state index in [1.807, 2.05) is 12.1 Å². The minimum Gasteiger partial charge on any atom is -0.282 e. The molecule has 1 N–H and O–H groups in total. The zero-order valence-electron chi connectivity index (χ0n) is 19.1. The van der Waals surface area contributed by atoms with Crippen LogP contribution < -0.4 is 0 Å². The summed E-state index contributed by atoms with van der Waals surface area (Å²) in [6.45, 7) is 7.34. The maximum absolute atomic E-state index is 11.1. The van der Waals surface area contributed by atoms with E-state index >= 15 is 0 Å². The molecule has 0 heterocycles. The Morgan fingerprint density at radius 1 is 0.724 bits per heavy atom. The average Bonchev–Trinajstić information content (AvgIpc) is 2.66. The van der Waals surface area contributed by atoms with Crippen LogP contribution in [0.4, 0.5) is 0 Å². The molecular weight excluding hydrogens is 396 g/mol. The molecule has 0 aliphatic heterocycles. The highest BCUT2D eigenvalue weighted by molar-refractivity contribution is 7.85. The van der Waals surface area contributed by atoms with Crippen LogP contribution in [0.2, 0.25) is 25.2 Å². The Morgan fingerprint density at radius 2 is 1.17 bits per heavy atom. The molecule has 0 fully saturated rings. The van der Waals surface area contributed by atoms with Crippen molar-refractivity contribution >= 4 is 18.2 Å². The molecule has 0 spiro atoms. The van der Waals surface area contributed by atoms with Crippen LogP contribution in [0, 0.1) is 0 Å². The van der Waals surface area contributed by atoms with Crippen LogP contribution in [0.5, 0.6) is 0 Å². The van der Waals surface area contributed by atoms with Crippen molar-refractivity contribution in [1.82, 2.24) is 0 Å². The second-order valence-electron chi connectivity index (χ2n) is 9.42. The molecule has 168 valence electrons. The number of hydrogen-bond donors (Lipinski definition) is 1. The Balaban J connectivity index is 2.07. The van der Waals surface area contributed by atoms with Crippen molar-refractivity contribution in [2.24, 2.45) is 0 Å². The van der Waals surface area contributed by atoms with Crippen LogP contribution >= 0.6 is 0 Å². The monoisotopic (exact) mass is 440 g/mol. The van der Waals surface area contributed by atoms with Gasteiger partial charge in [-0.25, -0.2) is 0 Å². The molecule has 1 rings (SSSR count). The van der Waals surface area contributed by atoms with Gasteiger partial charge < -0.3 is 0 Å². The van der Waals surface area contributed by atoms with Gasteiger partial charge in [-0.1, -0.05) is 115 Å². The molecule has 0 aliphatic rings. The Hall–Kier alpha value is -0.653. The summed E-state index contributed by atoms with van der Waals surface area (Å²) in [5.41, 5.74) is 1.14. The van der Waals surface area contributed by atoms with Crippen molar-refractivity contribution in [3.05, 3.63) is 29.8 Å². The summed E-state index contributed by atoms with van der Waals surface area (Å²) in [7, 11) is -5.16. The predicted molar refractivity (Wildman–Crippen MR) is 128 cm³/mol. The number of unbranched alkanes of at least 4 members (excludes halogenated alkanes) is 10. The summed E-state index contributed by atoms with van der Waals surface area (Å²) in [6.07, 6.45) is 17.5. The highest BCUT2D eigenvalue weighted by Crippen LogP contribution is 2.23. The summed E-state index contributed by atoms with van der Waals surface area (Å²) >= 11 is 0. The van der Waals surface area contributed by atoms with E-state index in [2.05, 4.69) is 20.0 Å². The van der Waals surface area contributed by atoms with Crippen molar-refractivity contribution in [2.45, 2.75) is 120 Å². The molecule has 0 atom stereocenters. The van der Waals surface area contributed by atoms with E-state index in [1.165, 1.54) is 94.8 Å². The van der Waals surface area contributed by atoms with E-state index in [4.69, 9.17) is 4.55 Å². The van der Waals surface area contributed by atoms with Gasteiger partial charge in [0.05, 0.1) is 4.90 Å². The summed E-state index contributed by atoms with van der Waals surface area (Å²) < 4.78 is 31.2. The molecule has 0 aromatic heterocycles. The van der Waals surface area contributed by atoms with Crippen molar-refractivity contribution in [1.29, 1.82) is 0 Å². The highest BCUT2D eigenvalue weighted by atomic mass is 32.2. The van der Waals surface area contributed by atoms with Crippen molar-refractivity contribution in [3.63, 3.8) is 0 Å². The van der Waals surface area contributed by atoms with Crippen molar-refractivity contribution in [2.75, 3.05) is 0 Å². The topological polar surface area (TPSA) is 54.4 Å². The summed E-state index contributed by atoms with van der Waals surface area (Å²) in [5, 5.41) is 0. The van der Waals surface area contributed by atoms with Gasteiger partial charge in [-0.3, -0.25) is 4.55 Å². The second-order valence-corrected chi connectivity index (χ2v) is 16.2. The smallest absolute Gasteiger partial charge is 0.282 e. The SMILES string of the molecule is CCCCCCCCCCCC[Si](C)(C)CCCCc1ccc(S(=O)(=O)O)cc1. The van der Waals surface area contributed by atoms with Crippen LogP contribution in [0.15, 0.2) is 29.2 Å². The van der Waals surface area contributed by atoms with Gasteiger partial charge in [-0.05, 0) is 30.5 Å². The third-order valence-electron chi connectivity index (χ3n) is 6.00.